The number of hydrogen-bond acceptors (Lipinski definition) is 4. The van der Waals surface area contributed by atoms with E-state index in [0.717, 1.165) is 18.0 Å². The summed E-state index contributed by atoms with van der Waals surface area (Å²) >= 11 is 1.61. The van der Waals surface area contributed by atoms with Gasteiger partial charge in [-0.05, 0) is 24.5 Å². The Morgan fingerprint density at radius 3 is 2.56 bits per heavy atom. The molecule has 1 saturated heterocycles. The molecule has 3 rings (SSSR count). The van der Waals surface area contributed by atoms with Gasteiger partial charge in [0.05, 0.1) is 16.5 Å². The van der Waals surface area contributed by atoms with Crippen LogP contribution in [0.1, 0.15) is 35.4 Å². The fraction of sp³-hybridized carbons (Fsp3) is 0.450. The van der Waals surface area contributed by atoms with Crippen molar-refractivity contribution in [3.63, 3.8) is 0 Å². The van der Waals surface area contributed by atoms with E-state index in [4.69, 9.17) is 4.74 Å². The quantitative estimate of drug-likeness (QED) is 0.788. The summed E-state index contributed by atoms with van der Waals surface area (Å²) in [5.74, 6) is -0.0136. The first-order chi connectivity index (χ1) is 12.3. The standard InChI is InChI=1S/C20H26N2O2S/c1-24-14-11-21-19(23)18-15-17(16-9-5-4-6-10-16)20(25-18)22-12-7-2-3-8-13-22/h4-6,9-10,15H,2-3,7-8,11-14H2,1H3,(H,21,23). The molecule has 5 heteroatoms. The first-order valence-corrected chi connectivity index (χ1v) is 9.82. The van der Waals surface area contributed by atoms with Crippen LogP contribution in [0.2, 0.25) is 0 Å². The maximum absolute atomic E-state index is 12.5. The SMILES string of the molecule is COCCNC(=O)c1cc(-c2ccccc2)c(N2CCCCCC2)s1. The average Bonchev–Trinajstić information content (AvgIpc) is 2.91. The zero-order valence-corrected chi connectivity index (χ0v) is 15.6. The lowest BCUT2D eigenvalue weighted by Gasteiger charge is -2.22. The van der Waals surface area contributed by atoms with Crippen molar-refractivity contribution in [1.29, 1.82) is 0 Å². The Kier molecular flexibility index (Phi) is 6.48. The Morgan fingerprint density at radius 1 is 1.16 bits per heavy atom. The largest absolute Gasteiger partial charge is 0.383 e. The van der Waals surface area contributed by atoms with E-state index in [2.05, 4.69) is 34.5 Å². The minimum atomic E-state index is -0.0136. The Balaban J connectivity index is 1.89. The summed E-state index contributed by atoms with van der Waals surface area (Å²) in [6, 6.07) is 12.4. The predicted molar refractivity (Wildman–Crippen MR) is 105 cm³/mol. The van der Waals surface area contributed by atoms with E-state index in [-0.39, 0.29) is 5.91 Å². The number of amides is 1. The summed E-state index contributed by atoms with van der Waals surface area (Å²) in [5.41, 5.74) is 2.35. The molecule has 2 heterocycles. The van der Waals surface area contributed by atoms with E-state index < -0.39 is 0 Å². The summed E-state index contributed by atoms with van der Waals surface area (Å²) in [4.78, 5) is 15.7. The lowest BCUT2D eigenvalue weighted by atomic mass is 10.1. The van der Waals surface area contributed by atoms with Crippen LogP contribution in [0.15, 0.2) is 36.4 Å². The fourth-order valence-electron chi connectivity index (χ4n) is 3.18. The smallest absolute Gasteiger partial charge is 0.261 e. The van der Waals surface area contributed by atoms with Crippen molar-refractivity contribution in [2.45, 2.75) is 25.7 Å². The Labute approximate surface area is 153 Å². The minimum absolute atomic E-state index is 0.0136. The fourth-order valence-corrected chi connectivity index (χ4v) is 4.33. The average molecular weight is 359 g/mol. The van der Waals surface area contributed by atoms with E-state index in [1.807, 2.05) is 12.1 Å². The van der Waals surface area contributed by atoms with Gasteiger partial charge in [0.15, 0.2) is 0 Å². The van der Waals surface area contributed by atoms with E-state index in [9.17, 15) is 4.79 Å². The highest BCUT2D eigenvalue weighted by molar-refractivity contribution is 7.18. The van der Waals surface area contributed by atoms with Crippen molar-refractivity contribution >= 4 is 22.2 Å². The summed E-state index contributed by atoms with van der Waals surface area (Å²) in [7, 11) is 1.64. The molecular formula is C20H26N2O2S. The Morgan fingerprint density at radius 2 is 1.88 bits per heavy atom. The zero-order valence-electron chi connectivity index (χ0n) is 14.8. The maximum Gasteiger partial charge on any atom is 0.261 e. The van der Waals surface area contributed by atoms with Crippen LogP contribution < -0.4 is 10.2 Å². The van der Waals surface area contributed by atoms with Crippen LogP contribution in [0.5, 0.6) is 0 Å². The monoisotopic (exact) mass is 358 g/mol. The molecule has 1 amide bonds. The summed E-state index contributed by atoms with van der Waals surface area (Å²) in [5, 5.41) is 4.16. The second-order valence-electron chi connectivity index (χ2n) is 6.35. The van der Waals surface area contributed by atoms with Crippen LogP contribution in [-0.4, -0.2) is 39.3 Å². The number of hydrogen-bond donors (Lipinski definition) is 1. The van der Waals surface area contributed by atoms with Gasteiger partial charge in [-0.1, -0.05) is 43.2 Å². The number of nitrogens with zero attached hydrogens (tertiary/aromatic N) is 1. The molecule has 0 aliphatic carbocycles. The zero-order chi connectivity index (χ0) is 17.5. The third-order valence-electron chi connectivity index (χ3n) is 4.51. The van der Waals surface area contributed by atoms with Crippen LogP contribution in [0.3, 0.4) is 0 Å². The molecule has 2 aromatic rings. The molecule has 1 aliphatic heterocycles. The predicted octanol–water partition coefficient (Wildman–Crippen LogP) is 4.17. The molecule has 0 bridgehead atoms. The lowest BCUT2D eigenvalue weighted by molar-refractivity contribution is 0.0941. The van der Waals surface area contributed by atoms with Gasteiger partial charge in [-0.2, -0.15) is 0 Å². The Bertz CT molecular complexity index is 676. The van der Waals surface area contributed by atoms with Crippen LogP contribution >= 0.6 is 11.3 Å². The molecule has 4 nitrogen and oxygen atoms in total. The van der Waals surface area contributed by atoms with Gasteiger partial charge in [0, 0.05) is 32.3 Å². The first kappa shape index (κ1) is 18.0. The third-order valence-corrected chi connectivity index (χ3v) is 5.70. The second-order valence-corrected chi connectivity index (χ2v) is 7.38. The molecule has 1 fully saturated rings. The number of methoxy groups -OCH3 is 1. The molecule has 1 N–H and O–H groups in total. The van der Waals surface area contributed by atoms with Crippen LogP contribution in [-0.2, 0) is 4.74 Å². The van der Waals surface area contributed by atoms with E-state index in [1.165, 1.54) is 41.8 Å². The van der Waals surface area contributed by atoms with Gasteiger partial charge < -0.3 is 15.0 Å². The number of anilines is 1. The van der Waals surface area contributed by atoms with Gasteiger partial charge in [-0.3, -0.25) is 4.79 Å². The van der Waals surface area contributed by atoms with Crippen molar-refractivity contribution in [2.75, 3.05) is 38.3 Å². The number of carbonyl (C=O) groups is 1. The first-order valence-electron chi connectivity index (χ1n) is 9.01. The molecule has 0 spiro atoms. The second kappa shape index (κ2) is 9.02. The number of thiophene rings is 1. The highest BCUT2D eigenvalue weighted by Crippen LogP contribution is 2.39. The van der Waals surface area contributed by atoms with Crippen molar-refractivity contribution in [2.24, 2.45) is 0 Å². The Hall–Kier alpha value is -1.85. The molecule has 0 radical (unpaired) electrons. The third kappa shape index (κ3) is 4.61. The summed E-state index contributed by atoms with van der Waals surface area (Å²) < 4.78 is 5.02. The van der Waals surface area contributed by atoms with Crippen LogP contribution in [0.25, 0.3) is 11.1 Å². The molecule has 1 aliphatic rings. The molecule has 0 unspecified atom stereocenters. The highest BCUT2D eigenvalue weighted by atomic mass is 32.1. The molecular weight excluding hydrogens is 332 g/mol. The number of carbonyl (C=O) groups excluding carboxylic acids is 1. The lowest BCUT2D eigenvalue weighted by Crippen LogP contribution is -2.26. The van der Waals surface area contributed by atoms with Gasteiger partial charge in [0.25, 0.3) is 5.91 Å². The topological polar surface area (TPSA) is 41.6 Å². The van der Waals surface area contributed by atoms with Crippen LogP contribution in [0.4, 0.5) is 5.00 Å². The molecule has 0 atom stereocenters. The molecule has 1 aromatic carbocycles. The van der Waals surface area contributed by atoms with Gasteiger partial charge in [0.2, 0.25) is 0 Å². The van der Waals surface area contributed by atoms with Crippen molar-refractivity contribution in [3.05, 3.63) is 41.3 Å². The van der Waals surface area contributed by atoms with E-state index in [1.54, 1.807) is 18.4 Å². The summed E-state index contributed by atoms with van der Waals surface area (Å²) in [6.07, 6.45) is 5.04. The van der Waals surface area contributed by atoms with Gasteiger partial charge in [0.1, 0.15) is 0 Å². The number of rotatable bonds is 6. The van der Waals surface area contributed by atoms with Crippen LogP contribution in [0, 0.1) is 0 Å². The number of nitrogens with one attached hydrogen (secondary N) is 1. The van der Waals surface area contributed by atoms with E-state index >= 15 is 0 Å². The van der Waals surface area contributed by atoms with Crippen molar-refractivity contribution in [1.82, 2.24) is 5.32 Å². The maximum atomic E-state index is 12.5. The normalized spacial score (nSPS) is 15.0. The van der Waals surface area contributed by atoms with E-state index in [0.29, 0.717) is 13.2 Å². The molecule has 1 aromatic heterocycles. The number of ether oxygens (including phenoxy) is 1. The molecule has 0 saturated carbocycles. The van der Waals surface area contributed by atoms with Gasteiger partial charge in [-0.25, -0.2) is 0 Å². The minimum Gasteiger partial charge on any atom is -0.383 e. The molecule has 134 valence electrons. The number of benzene rings is 1. The summed E-state index contributed by atoms with van der Waals surface area (Å²) in [6.45, 7) is 3.21. The van der Waals surface area contributed by atoms with Gasteiger partial charge in [-0.15, -0.1) is 11.3 Å². The van der Waals surface area contributed by atoms with Gasteiger partial charge >= 0.3 is 0 Å². The highest BCUT2D eigenvalue weighted by Gasteiger charge is 2.21. The van der Waals surface area contributed by atoms with Crippen molar-refractivity contribution in [3.8, 4) is 11.1 Å². The van der Waals surface area contributed by atoms with Crippen molar-refractivity contribution < 1.29 is 9.53 Å². The molecule has 25 heavy (non-hydrogen) atoms.